The van der Waals surface area contributed by atoms with Crippen molar-refractivity contribution in [2.75, 3.05) is 0 Å². The molecule has 0 aliphatic heterocycles. The first-order valence-corrected chi connectivity index (χ1v) is 12.6. The van der Waals surface area contributed by atoms with E-state index in [9.17, 15) is 4.39 Å². The molecule has 1 fully saturated rings. The molecule has 0 aromatic heterocycles. The Morgan fingerprint density at radius 3 is 2.41 bits per heavy atom. The van der Waals surface area contributed by atoms with Crippen LogP contribution in [0.4, 0.5) is 8.78 Å². The van der Waals surface area contributed by atoms with Gasteiger partial charge in [-0.3, -0.25) is 0 Å². The number of hydrogen-bond donors (Lipinski definition) is 0. The van der Waals surface area contributed by atoms with Crippen LogP contribution in [0, 0.1) is 28.9 Å². The van der Waals surface area contributed by atoms with Crippen LogP contribution in [0.2, 0.25) is 0 Å². The molecule has 0 bridgehead atoms. The Morgan fingerprint density at radius 2 is 1.69 bits per heavy atom. The number of unbranched alkanes of at least 4 members (excludes halogenated alkanes) is 3. The minimum atomic E-state index is -0.469. The van der Waals surface area contributed by atoms with Crippen molar-refractivity contribution >= 4 is 0 Å². The van der Waals surface area contributed by atoms with Gasteiger partial charge in [-0.2, -0.15) is 5.26 Å². The summed E-state index contributed by atoms with van der Waals surface area (Å²) in [5.74, 6) is 0.839. The molecule has 1 saturated carbocycles. The highest BCUT2D eigenvalue weighted by Crippen LogP contribution is 2.40. The summed E-state index contributed by atoms with van der Waals surface area (Å²) in [6, 6.07) is 11.0. The summed E-state index contributed by atoms with van der Waals surface area (Å²) in [7, 11) is 0. The lowest BCUT2D eigenvalue weighted by Crippen LogP contribution is -2.16. The monoisotopic (exact) mass is 435 g/mol. The van der Waals surface area contributed by atoms with Gasteiger partial charge in [0.15, 0.2) is 0 Å². The predicted molar refractivity (Wildman–Crippen MR) is 126 cm³/mol. The smallest absolute Gasteiger partial charge is 0.141 e. The molecule has 0 N–H and O–H groups in total. The van der Waals surface area contributed by atoms with Gasteiger partial charge in [-0.1, -0.05) is 51.2 Å². The molecule has 2 aliphatic rings. The molecule has 0 spiro atoms. The van der Waals surface area contributed by atoms with Crippen LogP contribution in [0.5, 0.6) is 0 Å². The lowest BCUT2D eigenvalue weighted by atomic mass is 9.76. The molecule has 4 rings (SSSR count). The van der Waals surface area contributed by atoms with E-state index in [1.807, 2.05) is 12.1 Å². The molecular formula is C29H35F2N. The second kappa shape index (κ2) is 10.6. The van der Waals surface area contributed by atoms with Crippen LogP contribution in [0.1, 0.15) is 111 Å². The van der Waals surface area contributed by atoms with Crippen molar-refractivity contribution in [2.24, 2.45) is 5.92 Å². The third-order valence-electron chi connectivity index (χ3n) is 7.89. The van der Waals surface area contributed by atoms with Gasteiger partial charge in [0.25, 0.3) is 0 Å². The number of halogens is 2. The highest BCUT2D eigenvalue weighted by atomic mass is 19.1. The molecule has 170 valence electrons. The summed E-state index contributed by atoms with van der Waals surface area (Å²) >= 11 is 0. The Morgan fingerprint density at radius 1 is 0.875 bits per heavy atom. The molecule has 0 saturated heterocycles. The van der Waals surface area contributed by atoms with Crippen LogP contribution < -0.4 is 0 Å². The fourth-order valence-electron chi connectivity index (χ4n) is 5.90. The number of hydrogen-bond acceptors (Lipinski definition) is 1. The Hall–Kier alpha value is -2.21. The van der Waals surface area contributed by atoms with Gasteiger partial charge in [0.1, 0.15) is 17.7 Å². The molecule has 32 heavy (non-hydrogen) atoms. The van der Waals surface area contributed by atoms with E-state index in [4.69, 9.17) is 5.26 Å². The minimum absolute atomic E-state index is 0.0720. The second-order valence-corrected chi connectivity index (χ2v) is 10.0. The van der Waals surface area contributed by atoms with E-state index < -0.39 is 5.82 Å². The number of fused-ring (bicyclic) bond motifs is 1. The second-order valence-electron chi connectivity index (χ2n) is 10.0. The zero-order chi connectivity index (χ0) is 22.5. The van der Waals surface area contributed by atoms with Crippen molar-refractivity contribution in [3.63, 3.8) is 0 Å². The molecule has 2 aliphatic carbocycles. The van der Waals surface area contributed by atoms with Crippen molar-refractivity contribution < 1.29 is 8.78 Å². The average Bonchev–Trinajstić information content (AvgIpc) is 2.81. The van der Waals surface area contributed by atoms with E-state index in [1.54, 1.807) is 12.1 Å². The first-order valence-electron chi connectivity index (χ1n) is 12.6. The molecular weight excluding hydrogens is 400 g/mol. The number of nitriles is 1. The maximum Gasteiger partial charge on any atom is 0.141 e. The minimum Gasteiger partial charge on any atom is -0.207 e. The van der Waals surface area contributed by atoms with E-state index in [0.29, 0.717) is 12.3 Å². The van der Waals surface area contributed by atoms with E-state index in [2.05, 4.69) is 13.0 Å². The van der Waals surface area contributed by atoms with Crippen LogP contribution in [-0.4, -0.2) is 0 Å². The van der Waals surface area contributed by atoms with Crippen molar-refractivity contribution in [1.82, 2.24) is 0 Å². The van der Waals surface area contributed by atoms with Crippen molar-refractivity contribution in [3.8, 4) is 6.07 Å². The standard InChI is InChI=1S/C29H35F2N/c1-2-3-4-5-6-20-7-9-21(10-8-20)23-13-14-27(29(31)17-23)24-12-11-22-15-26(19-32)28(30)18-25(22)16-24/h13-15,17-18,20-21,24H,2-12,16H2,1H3. The van der Waals surface area contributed by atoms with Gasteiger partial charge in [0.2, 0.25) is 0 Å². The zero-order valence-corrected chi connectivity index (χ0v) is 19.3. The summed E-state index contributed by atoms with van der Waals surface area (Å²) in [4.78, 5) is 0. The summed E-state index contributed by atoms with van der Waals surface area (Å²) in [5.41, 5.74) is 3.96. The van der Waals surface area contributed by atoms with Gasteiger partial charge in [0, 0.05) is 0 Å². The fraction of sp³-hybridized carbons (Fsp3) is 0.552. The zero-order valence-electron chi connectivity index (χ0n) is 19.3. The quantitative estimate of drug-likeness (QED) is 0.401. The van der Waals surface area contributed by atoms with Crippen LogP contribution >= 0.6 is 0 Å². The summed E-state index contributed by atoms with van der Waals surface area (Å²) in [6.45, 7) is 2.26. The molecule has 0 radical (unpaired) electrons. The summed E-state index contributed by atoms with van der Waals surface area (Å²) < 4.78 is 29.2. The molecule has 3 heteroatoms. The maximum atomic E-state index is 15.2. The SMILES string of the molecule is CCCCCCC1CCC(c2ccc(C3CCc4cc(C#N)c(F)cc4C3)c(F)c2)CC1. The number of rotatable bonds is 7. The van der Waals surface area contributed by atoms with E-state index >= 15 is 4.39 Å². The van der Waals surface area contributed by atoms with Gasteiger partial charge in [-0.15, -0.1) is 0 Å². The summed E-state index contributed by atoms with van der Waals surface area (Å²) in [5, 5.41) is 9.05. The highest BCUT2D eigenvalue weighted by molar-refractivity contribution is 5.42. The molecule has 2 aromatic carbocycles. The number of aryl methyl sites for hydroxylation is 1. The van der Waals surface area contributed by atoms with Crippen LogP contribution in [-0.2, 0) is 12.8 Å². The number of benzene rings is 2. The van der Waals surface area contributed by atoms with Gasteiger partial charge >= 0.3 is 0 Å². The first kappa shape index (κ1) is 23.0. The topological polar surface area (TPSA) is 23.8 Å². The van der Waals surface area contributed by atoms with E-state index in [0.717, 1.165) is 41.0 Å². The molecule has 2 aromatic rings. The van der Waals surface area contributed by atoms with Gasteiger partial charge in [-0.25, -0.2) is 8.78 Å². The Kier molecular flexibility index (Phi) is 7.61. The average molecular weight is 436 g/mol. The Balaban J connectivity index is 1.37. The van der Waals surface area contributed by atoms with E-state index in [1.165, 1.54) is 63.9 Å². The normalized spacial score (nSPS) is 22.9. The number of nitrogens with zero attached hydrogens (tertiary/aromatic N) is 1. The fourth-order valence-corrected chi connectivity index (χ4v) is 5.90. The largest absolute Gasteiger partial charge is 0.207 e. The van der Waals surface area contributed by atoms with Gasteiger partial charge in [0.05, 0.1) is 5.56 Å². The van der Waals surface area contributed by atoms with Gasteiger partial charge < -0.3 is 0 Å². The third kappa shape index (κ3) is 5.22. The first-order chi connectivity index (χ1) is 15.6. The molecule has 0 amide bonds. The van der Waals surface area contributed by atoms with Crippen LogP contribution in [0.25, 0.3) is 0 Å². The van der Waals surface area contributed by atoms with Crippen molar-refractivity contribution in [3.05, 3.63) is 69.8 Å². The molecule has 1 unspecified atom stereocenters. The highest BCUT2D eigenvalue weighted by Gasteiger charge is 2.26. The molecule has 1 atom stereocenters. The van der Waals surface area contributed by atoms with Crippen LogP contribution in [0.3, 0.4) is 0 Å². The third-order valence-corrected chi connectivity index (χ3v) is 7.89. The lowest BCUT2D eigenvalue weighted by molar-refractivity contribution is 0.301. The summed E-state index contributed by atoms with van der Waals surface area (Å²) in [6.07, 6.45) is 13.9. The molecule has 1 nitrogen and oxygen atoms in total. The maximum absolute atomic E-state index is 15.2. The van der Waals surface area contributed by atoms with E-state index in [-0.39, 0.29) is 17.3 Å². The predicted octanol–water partition coefficient (Wildman–Crippen LogP) is 8.35. The van der Waals surface area contributed by atoms with Crippen molar-refractivity contribution in [1.29, 1.82) is 5.26 Å². The Labute approximate surface area is 191 Å². The lowest BCUT2D eigenvalue weighted by Gasteiger charge is -2.30. The van der Waals surface area contributed by atoms with Crippen molar-refractivity contribution in [2.45, 2.75) is 95.8 Å². The van der Waals surface area contributed by atoms with Crippen LogP contribution in [0.15, 0.2) is 30.3 Å². The van der Waals surface area contributed by atoms with Gasteiger partial charge in [-0.05, 0) is 103 Å². The molecule has 0 heterocycles. The Bertz CT molecular complexity index is 966.